The molecule has 0 spiro atoms. The van der Waals surface area contributed by atoms with Gasteiger partial charge in [0.2, 0.25) is 0 Å². The van der Waals surface area contributed by atoms with E-state index in [0.717, 1.165) is 52.1 Å². The SMILES string of the molecule is CNCCCNCCOC(C)(C)OCCNCCCNC. The molecular weight excluding hydrogens is 268 g/mol. The van der Waals surface area contributed by atoms with Gasteiger partial charge in [-0.05, 0) is 67.0 Å². The second-order valence-corrected chi connectivity index (χ2v) is 5.51. The summed E-state index contributed by atoms with van der Waals surface area (Å²) in [5.41, 5.74) is 0. The van der Waals surface area contributed by atoms with Crippen LogP contribution in [0, 0.1) is 0 Å². The van der Waals surface area contributed by atoms with E-state index in [1.807, 2.05) is 27.9 Å². The number of nitrogens with one attached hydrogen (secondary N) is 4. The second-order valence-electron chi connectivity index (χ2n) is 5.51. The highest BCUT2D eigenvalue weighted by molar-refractivity contribution is 4.57. The van der Waals surface area contributed by atoms with Crippen LogP contribution >= 0.6 is 0 Å². The Kier molecular flexibility index (Phi) is 14.5. The average Bonchev–Trinajstić information content (AvgIpc) is 2.45. The van der Waals surface area contributed by atoms with Crippen molar-refractivity contribution in [3.05, 3.63) is 0 Å². The summed E-state index contributed by atoms with van der Waals surface area (Å²) in [5, 5.41) is 13.0. The Hall–Kier alpha value is -0.240. The molecule has 0 aromatic heterocycles. The van der Waals surface area contributed by atoms with Crippen LogP contribution < -0.4 is 21.3 Å². The average molecular weight is 304 g/mol. The monoisotopic (exact) mass is 304 g/mol. The van der Waals surface area contributed by atoms with E-state index in [4.69, 9.17) is 9.47 Å². The van der Waals surface area contributed by atoms with Gasteiger partial charge < -0.3 is 30.7 Å². The van der Waals surface area contributed by atoms with Crippen LogP contribution in [0.25, 0.3) is 0 Å². The van der Waals surface area contributed by atoms with Gasteiger partial charge in [0.25, 0.3) is 0 Å². The zero-order valence-electron chi connectivity index (χ0n) is 14.4. The van der Waals surface area contributed by atoms with Crippen LogP contribution in [0.2, 0.25) is 0 Å². The van der Waals surface area contributed by atoms with Crippen molar-refractivity contribution < 1.29 is 9.47 Å². The van der Waals surface area contributed by atoms with E-state index < -0.39 is 5.79 Å². The Labute approximate surface area is 130 Å². The van der Waals surface area contributed by atoms with Gasteiger partial charge in [0.15, 0.2) is 5.79 Å². The van der Waals surface area contributed by atoms with E-state index in [0.29, 0.717) is 13.2 Å². The van der Waals surface area contributed by atoms with Crippen LogP contribution in [0.4, 0.5) is 0 Å². The van der Waals surface area contributed by atoms with Crippen LogP contribution in [-0.4, -0.2) is 72.4 Å². The van der Waals surface area contributed by atoms with Crippen molar-refractivity contribution in [2.24, 2.45) is 0 Å². The number of hydrogen-bond donors (Lipinski definition) is 4. The smallest absolute Gasteiger partial charge is 0.162 e. The van der Waals surface area contributed by atoms with Gasteiger partial charge >= 0.3 is 0 Å². The molecule has 0 heterocycles. The van der Waals surface area contributed by atoms with Crippen LogP contribution in [0.3, 0.4) is 0 Å². The maximum absolute atomic E-state index is 5.74. The van der Waals surface area contributed by atoms with Crippen LogP contribution in [0.15, 0.2) is 0 Å². The van der Waals surface area contributed by atoms with Crippen molar-refractivity contribution in [3.63, 3.8) is 0 Å². The molecule has 21 heavy (non-hydrogen) atoms. The van der Waals surface area contributed by atoms with Crippen molar-refractivity contribution in [2.45, 2.75) is 32.5 Å². The van der Waals surface area contributed by atoms with Gasteiger partial charge in [-0.3, -0.25) is 0 Å². The molecule has 0 unspecified atom stereocenters. The lowest BCUT2D eigenvalue weighted by atomic mass is 10.4. The Balaban J connectivity index is 3.35. The maximum atomic E-state index is 5.74. The first kappa shape index (κ1) is 20.8. The summed E-state index contributed by atoms with van der Waals surface area (Å²) in [6.07, 6.45) is 2.27. The molecule has 0 aromatic rings. The quantitative estimate of drug-likeness (QED) is 0.241. The molecule has 0 fully saturated rings. The fourth-order valence-corrected chi connectivity index (χ4v) is 1.81. The Morgan fingerprint density at radius 2 is 1.10 bits per heavy atom. The number of rotatable bonds is 16. The van der Waals surface area contributed by atoms with Crippen molar-refractivity contribution in [1.29, 1.82) is 0 Å². The minimum absolute atomic E-state index is 0.515. The lowest BCUT2D eigenvalue weighted by Crippen LogP contribution is -2.35. The molecule has 0 aromatic carbocycles. The van der Waals surface area contributed by atoms with Gasteiger partial charge in [0, 0.05) is 13.1 Å². The number of ether oxygens (including phenoxy) is 2. The van der Waals surface area contributed by atoms with Crippen LogP contribution in [-0.2, 0) is 9.47 Å². The van der Waals surface area contributed by atoms with Crippen LogP contribution in [0.5, 0.6) is 0 Å². The summed E-state index contributed by atoms with van der Waals surface area (Å²) in [4.78, 5) is 0. The summed E-state index contributed by atoms with van der Waals surface area (Å²) in [5.74, 6) is -0.515. The molecule has 0 bridgehead atoms. The van der Waals surface area contributed by atoms with Gasteiger partial charge in [-0.15, -0.1) is 0 Å². The highest BCUT2D eigenvalue weighted by Gasteiger charge is 2.17. The van der Waals surface area contributed by atoms with Gasteiger partial charge in [-0.1, -0.05) is 0 Å². The van der Waals surface area contributed by atoms with E-state index in [1.165, 1.54) is 0 Å². The summed E-state index contributed by atoms with van der Waals surface area (Å²) in [7, 11) is 3.94. The van der Waals surface area contributed by atoms with Crippen molar-refractivity contribution in [3.8, 4) is 0 Å². The Bertz CT molecular complexity index is 196. The first-order valence-corrected chi connectivity index (χ1v) is 8.11. The molecule has 6 nitrogen and oxygen atoms in total. The Morgan fingerprint density at radius 3 is 1.48 bits per heavy atom. The molecule has 0 radical (unpaired) electrons. The highest BCUT2D eigenvalue weighted by atomic mass is 16.7. The fraction of sp³-hybridized carbons (Fsp3) is 1.00. The lowest BCUT2D eigenvalue weighted by Gasteiger charge is -2.26. The molecule has 0 saturated carbocycles. The fourth-order valence-electron chi connectivity index (χ4n) is 1.81. The van der Waals surface area contributed by atoms with Gasteiger partial charge in [-0.25, -0.2) is 0 Å². The van der Waals surface area contributed by atoms with E-state index in [2.05, 4.69) is 21.3 Å². The predicted octanol–water partition coefficient (Wildman–Crippen LogP) is 0.154. The van der Waals surface area contributed by atoms with Crippen LogP contribution in [0.1, 0.15) is 26.7 Å². The molecule has 6 heteroatoms. The molecule has 0 saturated heterocycles. The highest BCUT2D eigenvalue weighted by Crippen LogP contribution is 2.09. The molecule has 0 rings (SSSR count). The number of hydrogen-bond acceptors (Lipinski definition) is 6. The predicted molar refractivity (Wildman–Crippen MR) is 88.8 cm³/mol. The zero-order valence-corrected chi connectivity index (χ0v) is 14.4. The van der Waals surface area contributed by atoms with Gasteiger partial charge in [-0.2, -0.15) is 0 Å². The molecule has 0 atom stereocenters. The van der Waals surface area contributed by atoms with E-state index in [1.54, 1.807) is 0 Å². The standard InChI is InChI=1S/C15H36N4O2/c1-15(2,20-13-11-18-9-5-7-16-3)21-14-12-19-10-6-8-17-4/h16-19H,5-14H2,1-4H3. The van der Waals surface area contributed by atoms with Crippen molar-refractivity contribution in [1.82, 2.24) is 21.3 Å². The van der Waals surface area contributed by atoms with Crippen molar-refractivity contribution in [2.75, 3.05) is 66.6 Å². The minimum atomic E-state index is -0.515. The largest absolute Gasteiger partial charge is 0.349 e. The molecule has 0 aliphatic rings. The first-order valence-electron chi connectivity index (χ1n) is 8.11. The minimum Gasteiger partial charge on any atom is -0.349 e. The van der Waals surface area contributed by atoms with E-state index >= 15 is 0 Å². The molecule has 128 valence electrons. The second kappa shape index (κ2) is 14.7. The summed E-state index contributed by atoms with van der Waals surface area (Å²) in [6.45, 7) is 11.1. The third-order valence-electron chi connectivity index (χ3n) is 3.02. The van der Waals surface area contributed by atoms with Gasteiger partial charge in [0.05, 0.1) is 13.2 Å². The third kappa shape index (κ3) is 16.0. The molecule has 0 amide bonds. The first-order chi connectivity index (χ1) is 10.1. The molecule has 0 aliphatic carbocycles. The summed E-state index contributed by atoms with van der Waals surface area (Å²) >= 11 is 0. The van der Waals surface area contributed by atoms with E-state index in [9.17, 15) is 0 Å². The lowest BCUT2D eigenvalue weighted by molar-refractivity contribution is -0.211. The van der Waals surface area contributed by atoms with Gasteiger partial charge in [0.1, 0.15) is 0 Å². The van der Waals surface area contributed by atoms with E-state index in [-0.39, 0.29) is 0 Å². The maximum Gasteiger partial charge on any atom is 0.162 e. The molecular formula is C15H36N4O2. The normalized spacial score (nSPS) is 12.0. The zero-order chi connectivity index (χ0) is 15.8. The topological polar surface area (TPSA) is 66.6 Å². The summed E-state index contributed by atoms with van der Waals surface area (Å²) < 4.78 is 11.5. The Morgan fingerprint density at radius 1 is 0.667 bits per heavy atom. The van der Waals surface area contributed by atoms with Crippen molar-refractivity contribution >= 4 is 0 Å². The molecule has 4 N–H and O–H groups in total. The molecule has 0 aliphatic heterocycles. The third-order valence-corrected chi connectivity index (χ3v) is 3.02. The summed E-state index contributed by atoms with van der Waals surface area (Å²) in [6, 6.07) is 0.